The number of aromatic nitrogens is 2. The van der Waals surface area contributed by atoms with Gasteiger partial charge in [0.25, 0.3) is 5.91 Å². The van der Waals surface area contributed by atoms with Crippen molar-refractivity contribution in [2.24, 2.45) is 0 Å². The van der Waals surface area contributed by atoms with Gasteiger partial charge in [-0.2, -0.15) is 4.31 Å². The van der Waals surface area contributed by atoms with Crippen molar-refractivity contribution in [2.45, 2.75) is 18.2 Å². The zero-order chi connectivity index (χ0) is 22.7. The predicted octanol–water partition coefficient (Wildman–Crippen LogP) is 3.69. The van der Waals surface area contributed by atoms with E-state index in [4.69, 9.17) is 16.3 Å². The Morgan fingerprint density at radius 2 is 1.94 bits per heavy atom. The molecule has 1 N–H and O–H groups in total. The highest BCUT2D eigenvalue weighted by molar-refractivity contribution is 7.89. The molecule has 8 nitrogen and oxygen atoms in total. The van der Waals surface area contributed by atoms with Gasteiger partial charge in [0, 0.05) is 24.2 Å². The van der Waals surface area contributed by atoms with E-state index in [2.05, 4.69) is 15.5 Å². The van der Waals surface area contributed by atoms with Gasteiger partial charge in [0.15, 0.2) is 5.01 Å². The fourth-order valence-electron chi connectivity index (χ4n) is 3.34. The Kier molecular flexibility index (Phi) is 6.87. The number of benzene rings is 2. The van der Waals surface area contributed by atoms with Gasteiger partial charge in [0.05, 0.1) is 23.1 Å². The van der Waals surface area contributed by atoms with Crippen LogP contribution in [0.2, 0.25) is 5.02 Å². The quantitative estimate of drug-likeness (QED) is 0.563. The second-order valence-corrected chi connectivity index (χ2v) is 10.3. The average Bonchev–Trinajstić information content (AvgIpc) is 3.27. The minimum absolute atomic E-state index is 0.142. The highest BCUT2D eigenvalue weighted by atomic mass is 35.5. The number of nitrogens with zero attached hydrogens (tertiary/aromatic N) is 3. The van der Waals surface area contributed by atoms with Crippen LogP contribution in [-0.4, -0.2) is 55.1 Å². The van der Waals surface area contributed by atoms with Gasteiger partial charge in [-0.1, -0.05) is 54.1 Å². The molecule has 3 aromatic rings. The van der Waals surface area contributed by atoms with E-state index in [0.717, 1.165) is 5.56 Å². The SMILES string of the molecule is CCc1ccc(C(=O)Nc2nnc(-c3ccccc3Cl)s2)cc1S(=O)(=O)N1CCOCC1. The highest BCUT2D eigenvalue weighted by Crippen LogP contribution is 2.32. The maximum Gasteiger partial charge on any atom is 0.257 e. The number of hydrogen-bond donors (Lipinski definition) is 1. The lowest BCUT2D eigenvalue weighted by Gasteiger charge is -2.27. The molecule has 1 aliphatic rings. The first-order chi connectivity index (χ1) is 15.4. The summed E-state index contributed by atoms with van der Waals surface area (Å²) in [7, 11) is -3.74. The molecular formula is C21H21ClN4O4S2. The van der Waals surface area contributed by atoms with Crippen LogP contribution in [0, 0.1) is 0 Å². The summed E-state index contributed by atoms with van der Waals surface area (Å²) in [4.78, 5) is 13.0. The summed E-state index contributed by atoms with van der Waals surface area (Å²) in [5.74, 6) is -0.465. The van der Waals surface area contributed by atoms with Crippen molar-refractivity contribution in [3.05, 3.63) is 58.6 Å². The number of carbonyl (C=O) groups excluding carboxylic acids is 1. The lowest BCUT2D eigenvalue weighted by molar-refractivity contribution is 0.0730. The van der Waals surface area contributed by atoms with Crippen LogP contribution in [-0.2, 0) is 21.2 Å². The molecule has 4 rings (SSSR count). The lowest BCUT2D eigenvalue weighted by Crippen LogP contribution is -2.41. The summed E-state index contributed by atoms with van der Waals surface area (Å²) in [6, 6.07) is 11.9. The van der Waals surface area contributed by atoms with Crippen LogP contribution in [0.3, 0.4) is 0 Å². The first-order valence-corrected chi connectivity index (χ1v) is 12.6. The third-order valence-electron chi connectivity index (χ3n) is 5.05. The number of morpholine rings is 1. The molecule has 2 aromatic carbocycles. The van der Waals surface area contributed by atoms with Gasteiger partial charge >= 0.3 is 0 Å². The molecule has 0 atom stereocenters. The van der Waals surface area contributed by atoms with E-state index < -0.39 is 15.9 Å². The van der Waals surface area contributed by atoms with Crippen LogP contribution in [0.4, 0.5) is 5.13 Å². The monoisotopic (exact) mass is 492 g/mol. The molecule has 0 aliphatic carbocycles. The number of amides is 1. The number of halogens is 1. The van der Waals surface area contributed by atoms with Gasteiger partial charge in [-0.3, -0.25) is 10.1 Å². The lowest BCUT2D eigenvalue weighted by atomic mass is 10.1. The number of rotatable bonds is 6. The van der Waals surface area contributed by atoms with Gasteiger partial charge < -0.3 is 4.74 Å². The maximum atomic E-state index is 13.2. The largest absolute Gasteiger partial charge is 0.379 e. The molecule has 0 radical (unpaired) electrons. The minimum Gasteiger partial charge on any atom is -0.379 e. The summed E-state index contributed by atoms with van der Waals surface area (Å²) in [6.07, 6.45) is 0.526. The zero-order valence-electron chi connectivity index (χ0n) is 17.2. The third-order valence-corrected chi connectivity index (χ3v) is 8.23. The molecule has 1 aromatic heterocycles. The van der Waals surface area contributed by atoms with E-state index in [0.29, 0.717) is 40.4 Å². The molecule has 1 aliphatic heterocycles. The summed E-state index contributed by atoms with van der Waals surface area (Å²) >= 11 is 7.39. The topological polar surface area (TPSA) is 101 Å². The van der Waals surface area contributed by atoms with Crippen molar-refractivity contribution in [2.75, 3.05) is 31.6 Å². The predicted molar refractivity (Wildman–Crippen MR) is 124 cm³/mol. The van der Waals surface area contributed by atoms with Gasteiger partial charge in [-0.15, -0.1) is 10.2 Å². The number of sulfonamides is 1. The Balaban J connectivity index is 1.58. The minimum atomic E-state index is -3.74. The van der Waals surface area contributed by atoms with Crippen LogP contribution in [0.1, 0.15) is 22.8 Å². The second-order valence-electron chi connectivity index (χ2n) is 7.04. The number of anilines is 1. The van der Waals surface area contributed by atoms with Crippen molar-refractivity contribution in [3.63, 3.8) is 0 Å². The Hall–Kier alpha value is -2.37. The fourth-order valence-corrected chi connectivity index (χ4v) is 6.13. The molecule has 11 heteroatoms. The molecule has 1 saturated heterocycles. The summed E-state index contributed by atoms with van der Waals surface area (Å²) in [5.41, 5.74) is 1.60. The van der Waals surface area contributed by atoms with Gasteiger partial charge in [0.1, 0.15) is 0 Å². The van der Waals surface area contributed by atoms with Crippen molar-refractivity contribution in [3.8, 4) is 10.6 Å². The first-order valence-electron chi connectivity index (χ1n) is 10.0. The standard InChI is InChI=1S/C21H21ClN4O4S2/c1-2-14-7-8-15(13-18(14)32(28,29)26-9-11-30-12-10-26)19(27)23-21-25-24-20(31-21)16-5-3-4-6-17(16)22/h3-8,13H,2,9-12H2,1H3,(H,23,25,27). The Labute approximate surface area is 195 Å². The maximum absolute atomic E-state index is 13.2. The van der Waals surface area contributed by atoms with Crippen molar-refractivity contribution < 1.29 is 17.9 Å². The number of nitrogens with one attached hydrogen (secondary N) is 1. The summed E-state index contributed by atoms with van der Waals surface area (Å²) < 4.78 is 33.1. The van der Waals surface area contributed by atoms with E-state index in [-0.39, 0.29) is 23.5 Å². The molecular weight excluding hydrogens is 472 g/mol. The molecule has 1 fully saturated rings. The zero-order valence-corrected chi connectivity index (χ0v) is 19.6. The Morgan fingerprint density at radius 1 is 1.19 bits per heavy atom. The molecule has 0 saturated carbocycles. The molecule has 0 unspecified atom stereocenters. The number of ether oxygens (including phenoxy) is 1. The van der Waals surface area contributed by atoms with Crippen LogP contribution >= 0.6 is 22.9 Å². The number of hydrogen-bond acceptors (Lipinski definition) is 7. The molecule has 1 amide bonds. The van der Waals surface area contributed by atoms with E-state index in [1.54, 1.807) is 18.2 Å². The van der Waals surface area contributed by atoms with E-state index >= 15 is 0 Å². The smallest absolute Gasteiger partial charge is 0.257 e. The van der Waals surface area contributed by atoms with E-state index in [1.165, 1.54) is 21.7 Å². The van der Waals surface area contributed by atoms with Gasteiger partial charge in [-0.25, -0.2) is 8.42 Å². The molecule has 0 spiro atoms. The van der Waals surface area contributed by atoms with E-state index in [1.807, 2.05) is 25.1 Å². The molecule has 2 heterocycles. The first kappa shape index (κ1) is 22.8. The summed E-state index contributed by atoms with van der Waals surface area (Å²) in [5, 5.41) is 12.2. The van der Waals surface area contributed by atoms with Gasteiger partial charge in [0.2, 0.25) is 15.2 Å². The van der Waals surface area contributed by atoms with Crippen LogP contribution in [0.15, 0.2) is 47.4 Å². The van der Waals surface area contributed by atoms with Crippen molar-refractivity contribution >= 4 is 44.0 Å². The Morgan fingerprint density at radius 3 is 2.66 bits per heavy atom. The average molecular weight is 493 g/mol. The van der Waals surface area contributed by atoms with E-state index in [9.17, 15) is 13.2 Å². The number of carbonyl (C=O) groups is 1. The third kappa shape index (κ3) is 4.69. The fraction of sp³-hybridized carbons (Fsp3) is 0.286. The van der Waals surface area contributed by atoms with Crippen LogP contribution in [0.5, 0.6) is 0 Å². The molecule has 0 bridgehead atoms. The van der Waals surface area contributed by atoms with Crippen LogP contribution in [0.25, 0.3) is 10.6 Å². The summed E-state index contributed by atoms with van der Waals surface area (Å²) in [6.45, 7) is 3.16. The van der Waals surface area contributed by atoms with Crippen LogP contribution < -0.4 is 5.32 Å². The van der Waals surface area contributed by atoms with Crippen molar-refractivity contribution in [1.82, 2.24) is 14.5 Å². The Bertz CT molecular complexity index is 1240. The normalized spacial score (nSPS) is 14.9. The molecule has 168 valence electrons. The highest BCUT2D eigenvalue weighted by Gasteiger charge is 2.29. The molecule has 32 heavy (non-hydrogen) atoms. The number of aryl methyl sites for hydroxylation is 1. The second kappa shape index (κ2) is 9.63. The van der Waals surface area contributed by atoms with Gasteiger partial charge in [-0.05, 0) is 30.2 Å². The van der Waals surface area contributed by atoms with Crippen molar-refractivity contribution in [1.29, 1.82) is 0 Å².